The van der Waals surface area contributed by atoms with Gasteiger partial charge < -0.3 is 24.3 Å². The molecule has 0 radical (unpaired) electrons. The van der Waals surface area contributed by atoms with Gasteiger partial charge in [0.2, 0.25) is 0 Å². The lowest BCUT2D eigenvalue weighted by Gasteiger charge is -2.44. The van der Waals surface area contributed by atoms with Gasteiger partial charge in [0, 0.05) is 20.3 Å². The van der Waals surface area contributed by atoms with Crippen molar-refractivity contribution in [3.8, 4) is 0 Å². The van der Waals surface area contributed by atoms with Gasteiger partial charge in [-0.3, -0.25) is 4.57 Å². The van der Waals surface area contributed by atoms with E-state index in [2.05, 4.69) is 55.0 Å². The number of rotatable bonds is 13. The summed E-state index contributed by atoms with van der Waals surface area (Å²) in [6.07, 6.45) is 0.653. The lowest BCUT2D eigenvalue weighted by Crippen LogP contribution is -2.67. The molecule has 2 aromatic carbocycles. The third-order valence-electron chi connectivity index (χ3n) is 6.76. The number of ether oxygens (including phenoxy) is 1. The molecule has 3 rings (SSSR count). The summed E-state index contributed by atoms with van der Waals surface area (Å²) < 4.78 is 14.4. The van der Waals surface area contributed by atoms with Crippen LogP contribution in [0.15, 0.2) is 82.7 Å². The number of hydrogen-bond acceptors (Lipinski definition) is 7. The van der Waals surface area contributed by atoms with Crippen LogP contribution in [0.1, 0.15) is 40.3 Å². The molecule has 9 nitrogen and oxygen atoms in total. The van der Waals surface area contributed by atoms with E-state index in [1.165, 1.54) is 10.8 Å². The Hall–Kier alpha value is -3.15. The van der Waals surface area contributed by atoms with E-state index in [-0.39, 0.29) is 17.5 Å². The Balaban J connectivity index is 1.97. The second-order valence-electron chi connectivity index (χ2n) is 10.9. The zero-order chi connectivity index (χ0) is 29.3. The van der Waals surface area contributed by atoms with E-state index >= 15 is 0 Å². The highest BCUT2D eigenvalue weighted by Crippen LogP contribution is 2.37. The predicted molar refractivity (Wildman–Crippen MR) is 161 cm³/mol. The minimum atomic E-state index is -2.90. The topological polar surface area (TPSA) is 109 Å². The van der Waals surface area contributed by atoms with E-state index in [0.29, 0.717) is 6.42 Å². The van der Waals surface area contributed by atoms with Crippen LogP contribution in [0.3, 0.4) is 0 Å². The molecule has 0 aliphatic carbocycles. The number of aliphatic imine (C=N–C) groups is 1. The zero-order valence-corrected chi connectivity index (χ0v) is 25.3. The van der Waals surface area contributed by atoms with Crippen molar-refractivity contribution < 1.29 is 19.4 Å². The van der Waals surface area contributed by atoms with Gasteiger partial charge in [-0.2, -0.15) is 4.98 Å². The van der Waals surface area contributed by atoms with E-state index in [9.17, 15) is 15.0 Å². The van der Waals surface area contributed by atoms with Gasteiger partial charge in [-0.05, 0) is 27.9 Å². The number of aliphatic hydroxyl groups is 2. The van der Waals surface area contributed by atoms with Crippen molar-refractivity contribution in [2.24, 2.45) is 4.99 Å². The normalized spacial score (nSPS) is 14.7. The van der Waals surface area contributed by atoms with E-state index in [1.54, 1.807) is 17.3 Å². The first kappa shape index (κ1) is 31.4. The van der Waals surface area contributed by atoms with Gasteiger partial charge in [-0.1, -0.05) is 88.4 Å². The van der Waals surface area contributed by atoms with E-state index in [4.69, 9.17) is 9.16 Å². The molecule has 0 saturated carbocycles. The van der Waals surface area contributed by atoms with E-state index in [1.807, 2.05) is 57.4 Å². The van der Waals surface area contributed by atoms with Gasteiger partial charge >= 0.3 is 5.69 Å². The Morgan fingerprint density at radius 1 is 1.05 bits per heavy atom. The summed E-state index contributed by atoms with van der Waals surface area (Å²) in [6.45, 7) is 7.94. The second-order valence-corrected chi connectivity index (χ2v) is 15.3. The molecule has 0 saturated heterocycles. The summed E-state index contributed by atoms with van der Waals surface area (Å²) in [4.78, 5) is 22.7. The molecular formula is C30H42N4O5Si. The molecule has 0 bridgehead atoms. The lowest BCUT2D eigenvalue weighted by molar-refractivity contribution is -0.136. The summed E-state index contributed by atoms with van der Waals surface area (Å²) in [6, 6.07) is 22.0. The molecule has 2 N–H and O–H groups in total. The fraction of sp³-hybridized carbons (Fsp3) is 0.433. The molecule has 40 heavy (non-hydrogen) atoms. The van der Waals surface area contributed by atoms with Crippen molar-refractivity contribution in [2.75, 3.05) is 27.3 Å². The highest BCUT2D eigenvalue weighted by Gasteiger charge is 2.50. The van der Waals surface area contributed by atoms with Gasteiger partial charge in [-0.25, -0.2) is 9.79 Å². The fourth-order valence-electron chi connectivity index (χ4n) is 4.74. The van der Waals surface area contributed by atoms with Crippen LogP contribution in [0.2, 0.25) is 5.04 Å². The molecule has 0 aliphatic rings. The van der Waals surface area contributed by atoms with Crippen molar-refractivity contribution in [2.45, 2.75) is 57.6 Å². The quantitative estimate of drug-likeness (QED) is 0.186. The minimum Gasteiger partial charge on any atom is -0.405 e. The molecule has 0 aliphatic heterocycles. The smallest absolute Gasteiger partial charge is 0.351 e. The molecular weight excluding hydrogens is 524 g/mol. The summed E-state index contributed by atoms with van der Waals surface area (Å²) in [5.41, 5.74) is -0.620. The van der Waals surface area contributed by atoms with E-state index in [0.717, 1.165) is 10.4 Å². The third-order valence-corrected chi connectivity index (χ3v) is 11.8. The molecule has 10 heteroatoms. The van der Waals surface area contributed by atoms with Gasteiger partial charge in [0.05, 0.1) is 25.7 Å². The SMILES string of the molecule is CC[C@@H](O)[C@@H](CO[Si](c1ccccc1)(c1ccccc1)C(C)(C)C)OC(CO)n1ccc(/N=C\N(C)C)nc1=O. The van der Waals surface area contributed by atoms with Crippen LogP contribution in [0.25, 0.3) is 0 Å². The monoisotopic (exact) mass is 566 g/mol. The molecule has 1 aromatic heterocycles. The first-order chi connectivity index (χ1) is 19.0. The highest BCUT2D eigenvalue weighted by atomic mass is 28.4. The van der Waals surface area contributed by atoms with Crippen molar-refractivity contribution >= 4 is 30.8 Å². The molecule has 3 aromatic rings. The number of aliphatic hydroxyl groups excluding tert-OH is 2. The largest absolute Gasteiger partial charge is 0.405 e. The average molecular weight is 567 g/mol. The molecule has 3 atom stereocenters. The van der Waals surface area contributed by atoms with Crippen molar-refractivity contribution in [3.05, 3.63) is 83.4 Å². The Morgan fingerprint density at radius 2 is 1.62 bits per heavy atom. The minimum absolute atomic E-state index is 0.0617. The average Bonchev–Trinajstić information content (AvgIpc) is 2.94. The van der Waals surface area contributed by atoms with Crippen LogP contribution in [0, 0.1) is 0 Å². The van der Waals surface area contributed by atoms with Crippen LogP contribution >= 0.6 is 0 Å². The standard InChI is InChI=1S/C30H42N4O5Si/c1-7-25(36)26(39-28(20-35)34-19-18-27(32-29(34)37)31-22-33(5)6)21-38-40(30(2,3)4,23-14-10-8-11-15-23)24-16-12-9-13-17-24/h8-19,22,25-26,28,35-36H,7,20-21H2,1-6H3/b31-22-/t25-,26-,28?/m1/s1. The van der Waals surface area contributed by atoms with Crippen LogP contribution in [0.4, 0.5) is 5.82 Å². The molecule has 1 unspecified atom stereocenters. The lowest BCUT2D eigenvalue weighted by atomic mass is 10.1. The highest BCUT2D eigenvalue weighted by molar-refractivity contribution is 6.99. The molecule has 0 spiro atoms. The number of nitrogens with zero attached hydrogens (tertiary/aromatic N) is 4. The Morgan fingerprint density at radius 3 is 2.08 bits per heavy atom. The maximum Gasteiger partial charge on any atom is 0.351 e. The van der Waals surface area contributed by atoms with Gasteiger partial charge in [0.1, 0.15) is 6.10 Å². The van der Waals surface area contributed by atoms with Crippen molar-refractivity contribution in [1.29, 1.82) is 0 Å². The van der Waals surface area contributed by atoms with Crippen molar-refractivity contribution in [3.63, 3.8) is 0 Å². The van der Waals surface area contributed by atoms with Crippen LogP contribution in [0.5, 0.6) is 0 Å². The molecule has 1 heterocycles. The predicted octanol–water partition coefficient (Wildman–Crippen LogP) is 2.69. The van der Waals surface area contributed by atoms with Crippen molar-refractivity contribution in [1.82, 2.24) is 14.5 Å². The first-order valence-corrected chi connectivity index (χ1v) is 15.4. The molecule has 0 amide bonds. The molecule has 216 valence electrons. The number of benzene rings is 2. The maximum atomic E-state index is 12.8. The maximum absolute atomic E-state index is 12.8. The fourth-order valence-corrected chi connectivity index (χ4v) is 9.31. The van der Waals surface area contributed by atoms with E-state index < -0.39 is 39.0 Å². The van der Waals surface area contributed by atoms with Crippen LogP contribution in [-0.4, -0.2) is 78.8 Å². The number of aromatic nitrogens is 2. The van der Waals surface area contributed by atoms with Crippen LogP contribution < -0.4 is 16.1 Å². The first-order valence-electron chi connectivity index (χ1n) is 13.5. The van der Waals surface area contributed by atoms with Gasteiger partial charge in [-0.15, -0.1) is 0 Å². The second kappa shape index (κ2) is 14.0. The Kier molecular flexibility index (Phi) is 10.9. The summed E-state index contributed by atoms with van der Waals surface area (Å²) in [5, 5.41) is 23.1. The van der Waals surface area contributed by atoms with Gasteiger partial charge in [0.15, 0.2) is 12.0 Å². The zero-order valence-electron chi connectivity index (χ0n) is 24.3. The Bertz CT molecular complexity index is 1240. The van der Waals surface area contributed by atoms with Gasteiger partial charge in [0.25, 0.3) is 8.32 Å². The summed E-state index contributed by atoms with van der Waals surface area (Å²) in [7, 11) is 0.725. The Labute approximate surface area is 237 Å². The third kappa shape index (κ3) is 7.32. The summed E-state index contributed by atoms with van der Waals surface area (Å²) in [5.74, 6) is 0.242. The number of hydrogen-bond donors (Lipinski definition) is 2. The molecule has 0 fully saturated rings. The van der Waals surface area contributed by atoms with Crippen LogP contribution in [-0.2, 0) is 9.16 Å². The summed E-state index contributed by atoms with van der Waals surface area (Å²) >= 11 is 0.